The summed E-state index contributed by atoms with van der Waals surface area (Å²) in [5, 5.41) is 9.15. The zero-order valence-corrected chi connectivity index (χ0v) is 16.7. The standard InChI is InChI=1S/C18H17ClN6O2S/c1-27-16(11-3-5-13(19)6-4-11)17(26)25-24-15-9-12(10-21-23-15)14-7-8-20-18(22-14)28-2/h3-10,16H,1-2H3,(H,23,24)(H,25,26). The van der Waals surface area contributed by atoms with Crippen LogP contribution >= 0.6 is 23.4 Å². The van der Waals surface area contributed by atoms with Crippen molar-refractivity contribution in [2.24, 2.45) is 0 Å². The van der Waals surface area contributed by atoms with Crippen LogP contribution in [0.5, 0.6) is 0 Å². The molecule has 0 fully saturated rings. The summed E-state index contributed by atoms with van der Waals surface area (Å²) < 4.78 is 5.29. The number of hydrogen-bond acceptors (Lipinski definition) is 8. The Hall–Kier alpha value is -2.75. The van der Waals surface area contributed by atoms with Gasteiger partial charge in [0.1, 0.15) is 0 Å². The van der Waals surface area contributed by atoms with Crippen LogP contribution in [-0.2, 0) is 9.53 Å². The average molecular weight is 417 g/mol. The molecular formula is C18H17ClN6O2S. The summed E-state index contributed by atoms with van der Waals surface area (Å²) in [5.74, 6) is -0.0233. The van der Waals surface area contributed by atoms with E-state index in [2.05, 4.69) is 31.0 Å². The highest BCUT2D eigenvalue weighted by molar-refractivity contribution is 7.98. The van der Waals surface area contributed by atoms with Crippen LogP contribution in [0, 0.1) is 0 Å². The van der Waals surface area contributed by atoms with Crippen LogP contribution in [0.2, 0.25) is 5.02 Å². The summed E-state index contributed by atoms with van der Waals surface area (Å²) in [6.45, 7) is 0. The van der Waals surface area contributed by atoms with Gasteiger partial charge in [-0.05, 0) is 36.1 Å². The molecular weight excluding hydrogens is 400 g/mol. The molecule has 0 spiro atoms. The molecule has 8 nitrogen and oxygen atoms in total. The fraction of sp³-hybridized carbons (Fsp3) is 0.167. The summed E-state index contributed by atoms with van der Waals surface area (Å²) in [7, 11) is 1.46. The monoisotopic (exact) mass is 416 g/mol. The largest absolute Gasteiger partial charge is 0.367 e. The second-order valence-electron chi connectivity index (χ2n) is 5.54. The number of benzene rings is 1. The van der Waals surface area contributed by atoms with Crippen molar-refractivity contribution in [2.75, 3.05) is 18.8 Å². The number of carbonyl (C=O) groups is 1. The third kappa shape index (κ3) is 4.94. The number of anilines is 1. The smallest absolute Gasteiger partial charge is 0.272 e. The van der Waals surface area contributed by atoms with Gasteiger partial charge in [-0.15, -0.1) is 5.10 Å². The number of aromatic nitrogens is 4. The number of hydrogen-bond donors (Lipinski definition) is 2. The fourth-order valence-electron chi connectivity index (χ4n) is 2.39. The quantitative estimate of drug-likeness (QED) is 0.344. The van der Waals surface area contributed by atoms with E-state index in [1.807, 2.05) is 6.26 Å². The molecule has 1 aromatic carbocycles. The first-order valence-corrected chi connectivity index (χ1v) is 9.75. The van der Waals surface area contributed by atoms with Crippen molar-refractivity contribution in [3.8, 4) is 11.3 Å². The van der Waals surface area contributed by atoms with Crippen LogP contribution in [0.3, 0.4) is 0 Å². The normalized spacial score (nSPS) is 11.7. The van der Waals surface area contributed by atoms with Gasteiger partial charge in [0.05, 0.1) is 11.9 Å². The summed E-state index contributed by atoms with van der Waals surface area (Å²) >= 11 is 7.33. The maximum atomic E-state index is 12.5. The van der Waals surface area contributed by atoms with Crippen molar-refractivity contribution in [2.45, 2.75) is 11.3 Å². The van der Waals surface area contributed by atoms with Gasteiger partial charge in [0.2, 0.25) is 0 Å². The van der Waals surface area contributed by atoms with Gasteiger partial charge in [0.25, 0.3) is 5.91 Å². The molecule has 2 heterocycles. The van der Waals surface area contributed by atoms with Gasteiger partial charge >= 0.3 is 0 Å². The number of nitrogens with zero attached hydrogens (tertiary/aromatic N) is 4. The van der Waals surface area contributed by atoms with Crippen molar-refractivity contribution in [1.29, 1.82) is 0 Å². The second kappa shape index (κ2) is 9.45. The summed E-state index contributed by atoms with van der Waals surface area (Å²) in [4.78, 5) is 21.0. The maximum Gasteiger partial charge on any atom is 0.272 e. The molecule has 2 N–H and O–H groups in total. The van der Waals surface area contributed by atoms with Crippen LogP contribution in [0.4, 0.5) is 5.82 Å². The molecule has 0 saturated carbocycles. The Kier molecular flexibility index (Phi) is 6.75. The second-order valence-corrected chi connectivity index (χ2v) is 6.75. The van der Waals surface area contributed by atoms with Crippen LogP contribution in [0.1, 0.15) is 11.7 Å². The van der Waals surface area contributed by atoms with Gasteiger partial charge in [0, 0.05) is 23.9 Å². The van der Waals surface area contributed by atoms with Gasteiger partial charge in [-0.3, -0.25) is 15.6 Å². The van der Waals surface area contributed by atoms with E-state index < -0.39 is 6.10 Å². The van der Waals surface area contributed by atoms with E-state index in [0.29, 0.717) is 27.3 Å². The van der Waals surface area contributed by atoms with Crippen LogP contribution in [0.25, 0.3) is 11.3 Å². The highest BCUT2D eigenvalue weighted by atomic mass is 35.5. The van der Waals surface area contributed by atoms with Crippen molar-refractivity contribution in [3.05, 3.63) is 59.4 Å². The molecule has 1 atom stereocenters. The van der Waals surface area contributed by atoms with Gasteiger partial charge in [-0.25, -0.2) is 9.97 Å². The molecule has 1 unspecified atom stereocenters. The van der Waals surface area contributed by atoms with Crippen LogP contribution < -0.4 is 10.9 Å². The molecule has 0 aliphatic heterocycles. The van der Waals surface area contributed by atoms with Crippen molar-refractivity contribution in [1.82, 2.24) is 25.6 Å². The Balaban J connectivity index is 1.70. The topological polar surface area (TPSA) is 102 Å². The predicted octanol–water partition coefficient (Wildman–Crippen LogP) is 3.14. The molecule has 3 aromatic rings. The summed E-state index contributed by atoms with van der Waals surface area (Å²) in [6, 6.07) is 10.4. The number of thioether (sulfide) groups is 1. The lowest BCUT2D eigenvalue weighted by atomic mass is 10.1. The number of halogens is 1. The Morgan fingerprint density at radius 3 is 2.75 bits per heavy atom. The summed E-state index contributed by atoms with van der Waals surface area (Å²) in [5.41, 5.74) is 7.46. The lowest BCUT2D eigenvalue weighted by Gasteiger charge is -2.16. The minimum absolute atomic E-state index is 0.362. The first-order chi connectivity index (χ1) is 13.6. The van der Waals surface area contributed by atoms with E-state index in [-0.39, 0.29) is 5.91 Å². The zero-order chi connectivity index (χ0) is 19.9. The molecule has 2 aromatic heterocycles. The molecule has 0 bridgehead atoms. The minimum Gasteiger partial charge on any atom is -0.367 e. The number of methoxy groups -OCH3 is 1. The first kappa shape index (κ1) is 20.0. The van der Waals surface area contributed by atoms with Crippen molar-refractivity contribution < 1.29 is 9.53 Å². The molecule has 0 aliphatic carbocycles. The highest BCUT2D eigenvalue weighted by Crippen LogP contribution is 2.21. The van der Waals surface area contributed by atoms with E-state index in [9.17, 15) is 4.79 Å². The Bertz CT molecular complexity index is 957. The maximum absolute atomic E-state index is 12.5. The van der Waals surface area contributed by atoms with E-state index >= 15 is 0 Å². The van der Waals surface area contributed by atoms with Crippen LogP contribution in [0.15, 0.2) is 53.9 Å². The van der Waals surface area contributed by atoms with E-state index in [4.69, 9.17) is 16.3 Å². The number of nitrogens with one attached hydrogen (secondary N) is 2. The molecule has 1 amide bonds. The van der Waals surface area contributed by atoms with Crippen molar-refractivity contribution >= 4 is 35.1 Å². The number of hydrazine groups is 1. The Morgan fingerprint density at radius 2 is 2.04 bits per heavy atom. The van der Waals surface area contributed by atoms with Crippen LogP contribution in [-0.4, -0.2) is 39.4 Å². The lowest BCUT2D eigenvalue weighted by Crippen LogP contribution is -2.35. The summed E-state index contributed by atoms with van der Waals surface area (Å²) in [6.07, 6.45) is 4.37. The minimum atomic E-state index is -0.799. The lowest BCUT2D eigenvalue weighted by molar-refractivity contribution is -0.130. The molecule has 3 rings (SSSR count). The number of amides is 1. The van der Waals surface area contributed by atoms with Crippen molar-refractivity contribution in [3.63, 3.8) is 0 Å². The molecule has 0 aliphatic rings. The molecule has 144 valence electrons. The Morgan fingerprint density at radius 1 is 1.25 bits per heavy atom. The van der Waals surface area contributed by atoms with E-state index in [1.165, 1.54) is 18.9 Å². The van der Waals surface area contributed by atoms with Gasteiger partial charge in [0.15, 0.2) is 17.1 Å². The molecule has 28 heavy (non-hydrogen) atoms. The van der Waals surface area contributed by atoms with E-state index in [0.717, 1.165) is 5.56 Å². The molecule has 0 radical (unpaired) electrons. The third-order valence-electron chi connectivity index (χ3n) is 3.73. The van der Waals surface area contributed by atoms with E-state index in [1.54, 1.807) is 48.8 Å². The van der Waals surface area contributed by atoms with Gasteiger partial charge < -0.3 is 4.74 Å². The highest BCUT2D eigenvalue weighted by Gasteiger charge is 2.20. The number of ether oxygens (including phenoxy) is 1. The third-order valence-corrected chi connectivity index (χ3v) is 4.54. The molecule has 0 saturated heterocycles. The van der Waals surface area contributed by atoms with Gasteiger partial charge in [-0.2, -0.15) is 5.10 Å². The number of rotatable bonds is 7. The number of carbonyl (C=O) groups excluding carboxylic acids is 1. The first-order valence-electron chi connectivity index (χ1n) is 8.15. The average Bonchev–Trinajstić information content (AvgIpc) is 2.74. The SMILES string of the molecule is COC(C(=O)NNc1cc(-c2ccnc(SC)n2)cnn1)c1ccc(Cl)cc1. The predicted molar refractivity (Wildman–Crippen MR) is 108 cm³/mol. The van der Waals surface area contributed by atoms with Gasteiger partial charge in [-0.1, -0.05) is 35.5 Å². The zero-order valence-electron chi connectivity index (χ0n) is 15.1. The fourth-order valence-corrected chi connectivity index (χ4v) is 2.87. The Labute approximate surface area is 171 Å². The molecule has 10 heteroatoms.